The Kier molecular flexibility index (Phi) is 4.99. The fourth-order valence-electron chi connectivity index (χ4n) is 3.61. The number of anilines is 1. The fourth-order valence-corrected chi connectivity index (χ4v) is 3.99. The first-order chi connectivity index (χ1) is 15.2. The maximum atomic E-state index is 14.9. The van der Waals surface area contributed by atoms with Crippen LogP contribution < -0.4 is 14.2 Å². The lowest BCUT2D eigenvalue weighted by molar-refractivity contribution is 0.103. The fraction of sp³-hybridized carbons (Fsp3) is 0.130. The Labute approximate surface area is 181 Å². The van der Waals surface area contributed by atoms with Crippen LogP contribution in [0.1, 0.15) is 15.9 Å². The maximum absolute atomic E-state index is 14.9. The number of carbonyl (C=O) groups excluding carboxylic acids is 1. The zero-order valence-corrected chi connectivity index (χ0v) is 17.4. The number of rotatable bonds is 5. The van der Waals surface area contributed by atoms with Gasteiger partial charge in [-0.05, 0) is 35.9 Å². The molecule has 8 heteroatoms. The Morgan fingerprint density at radius 2 is 1.94 bits per heavy atom. The molecule has 31 heavy (non-hydrogen) atoms. The predicted molar refractivity (Wildman–Crippen MR) is 119 cm³/mol. The molecule has 1 aliphatic rings. The topological polar surface area (TPSA) is 76.2 Å². The minimum Gasteiger partial charge on any atom is -0.486 e. The summed E-state index contributed by atoms with van der Waals surface area (Å²) in [7, 11) is 0. The SMILES string of the molecule is CSNc1cccc(C(=O)c2c[nH]c3ncc(-c4ccc5c(c4)OCCO5)cc23)c1F. The van der Waals surface area contributed by atoms with E-state index in [9.17, 15) is 9.18 Å². The van der Waals surface area contributed by atoms with Gasteiger partial charge >= 0.3 is 0 Å². The van der Waals surface area contributed by atoms with Crippen LogP contribution in [0, 0.1) is 5.82 Å². The van der Waals surface area contributed by atoms with Gasteiger partial charge in [-0.15, -0.1) is 0 Å². The van der Waals surface area contributed by atoms with Crippen molar-refractivity contribution in [1.29, 1.82) is 0 Å². The number of benzene rings is 2. The van der Waals surface area contributed by atoms with Crippen molar-refractivity contribution < 1.29 is 18.7 Å². The minimum atomic E-state index is -0.577. The lowest BCUT2D eigenvalue weighted by Gasteiger charge is -2.18. The van der Waals surface area contributed by atoms with Crippen LogP contribution in [0.15, 0.2) is 54.9 Å². The molecule has 0 aliphatic carbocycles. The number of fused-ring (bicyclic) bond motifs is 2. The van der Waals surface area contributed by atoms with Crippen LogP contribution in [0.5, 0.6) is 11.5 Å². The summed E-state index contributed by atoms with van der Waals surface area (Å²) < 4.78 is 29.0. The monoisotopic (exact) mass is 435 g/mol. The zero-order chi connectivity index (χ0) is 21.4. The van der Waals surface area contributed by atoms with Gasteiger partial charge in [-0.2, -0.15) is 0 Å². The summed E-state index contributed by atoms with van der Waals surface area (Å²) in [6, 6.07) is 12.3. The molecule has 0 atom stereocenters. The second-order valence-corrected chi connectivity index (χ2v) is 7.60. The number of ketones is 1. The van der Waals surface area contributed by atoms with Gasteiger partial charge in [0.2, 0.25) is 0 Å². The van der Waals surface area contributed by atoms with Crippen LogP contribution in [0.25, 0.3) is 22.2 Å². The summed E-state index contributed by atoms with van der Waals surface area (Å²) in [6.45, 7) is 1.03. The number of hydrogen-bond donors (Lipinski definition) is 2. The molecule has 0 saturated heterocycles. The molecule has 0 spiro atoms. The summed E-state index contributed by atoms with van der Waals surface area (Å²) >= 11 is 1.26. The molecule has 0 bridgehead atoms. The average Bonchev–Trinajstić information content (AvgIpc) is 3.23. The number of H-pyrrole nitrogens is 1. The maximum Gasteiger partial charge on any atom is 0.198 e. The molecule has 5 rings (SSSR count). The molecule has 0 saturated carbocycles. The molecule has 2 N–H and O–H groups in total. The number of nitrogens with one attached hydrogen (secondary N) is 2. The van der Waals surface area contributed by atoms with Crippen molar-refractivity contribution in [3.05, 3.63) is 71.8 Å². The van der Waals surface area contributed by atoms with E-state index in [4.69, 9.17) is 9.47 Å². The van der Waals surface area contributed by atoms with Gasteiger partial charge in [-0.3, -0.25) is 4.79 Å². The average molecular weight is 435 g/mol. The van der Waals surface area contributed by atoms with Crippen molar-refractivity contribution in [2.45, 2.75) is 0 Å². The molecule has 0 unspecified atom stereocenters. The number of ether oxygens (including phenoxy) is 2. The first-order valence-electron chi connectivity index (χ1n) is 9.65. The Bertz CT molecular complexity index is 1300. The van der Waals surface area contributed by atoms with Gasteiger partial charge < -0.3 is 19.2 Å². The van der Waals surface area contributed by atoms with Crippen LogP contribution in [0.3, 0.4) is 0 Å². The summed E-state index contributed by atoms with van der Waals surface area (Å²) in [5.74, 6) is 0.395. The summed E-state index contributed by atoms with van der Waals surface area (Å²) in [5, 5.41) is 0.625. The van der Waals surface area contributed by atoms with E-state index in [1.165, 1.54) is 18.0 Å². The molecular weight excluding hydrogens is 417 g/mol. The highest BCUT2D eigenvalue weighted by atomic mass is 32.2. The van der Waals surface area contributed by atoms with Crippen LogP contribution >= 0.6 is 11.9 Å². The van der Waals surface area contributed by atoms with Gasteiger partial charge in [0.05, 0.1) is 11.3 Å². The number of carbonyl (C=O) groups is 1. The van der Waals surface area contributed by atoms with E-state index >= 15 is 0 Å². The van der Waals surface area contributed by atoms with Crippen molar-refractivity contribution >= 4 is 34.5 Å². The lowest BCUT2D eigenvalue weighted by Crippen LogP contribution is -2.15. The Hall–Kier alpha value is -3.52. The van der Waals surface area contributed by atoms with Gasteiger partial charge in [-0.25, -0.2) is 9.37 Å². The molecule has 0 amide bonds. The van der Waals surface area contributed by atoms with Crippen molar-refractivity contribution in [3.63, 3.8) is 0 Å². The van der Waals surface area contributed by atoms with Crippen LogP contribution in [-0.4, -0.2) is 35.2 Å². The van der Waals surface area contributed by atoms with Crippen molar-refractivity contribution in [2.24, 2.45) is 0 Å². The largest absolute Gasteiger partial charge is 0.486 e. The standard InChI is InChI=1S/C23H18FN3O3S/c1-31-27-18-4-2-3-15(21(18)24)22(28)17-12-26-23-16(17)9-14(11-25-23)13-5-6-19-20(10-13)30-8-7-29-19/h2-6,9-12,27H,7-8H2,1H3,(H,25,26). The van der Waals surface area contributed by atoms with Crippen LogP contribution in [-0.2, 0) is 0 Å². The van der Waals surface area contributed by atoms with E-state index in [1.54, 1.807) is 30.8 Å². The first kappa shape index (κ1) is 19.4. The Balaban J connectivity index is 1.56. The Morgan fingerprint density at radius 3 is 2.77 bits per heavy atom. The minimum absolute atomic E-state index is 0.00434. The van der Waals surface area contributed by atoms with Crippen LogP contribution in [0.4, 0.5) is 10.1 Å². The molecule has 6 nitrogen and oxygen atoms in total. The number of aromatic nitrogens is 2. The number of halogens is 1. The quantitative estimate of drug-likeness (QED) is 0.337. The molecular formula is C23H18FN3O3S. The van der Waals surface area contributed by atoms with Crippen molar-refractivity contribution in [3.8, 4) is 22.6 Å². The Morgan fingerprint density at radius 1 is 1.10 bits per heavy atom. The summed E-state index contributed by atoms with van der Waals surface area (Å²) in [4.78, 5) is 20.6. The van der Waals surface area contributed by atoms with Crippen molar-refractivity contribution in [1.82, 2.24) is 9.97 Å². The first-order valence-corrected chi connectivity index (χ1v) is 10.9. The molecule has 3 heterocycles. The van der Waals surface area contributed by atoms with E-state index in [1.807, 2.05) is 24.3 Å². The van der Waals surface area contributed by atoms with Crippen molar-refractivity contribution in [2.75, 3.05) is 24.2 Å². The zero-order valence-electron chi connectivity index (χ0n) is 16.6. The van der Waals surface area contributed by atoms with E-state index in [2.05, 4.69) is 14.7 Å². The molecule has 0 fully saturated rings. The number of pyridine rings is 1. The van der Waals surface area contributed by atoms with E-state index in [0.29, 0.717) is 41.3 Å². The third-order valence-electron chi connectivity index (χ3n) is 5.11. The van der Waals surface area contributed by atoms with E-state index in [-0.39, 0.29) is 11.3 Å². The highest BCUT2D eigenvalue weighted by Gasteiger charge is 2.21. The molecule has 4 aromatic rings. The molecule has 156 valence electrons. The molecule has 0 radical (unpaired) electrons. The second-order valence-electron chi connectivity index (χ2n) is 6.98. The highest BCUT2D eigenvalue weighted by molar-refractivity contribution is 7.99. The summed E-state index contributed by atoms with van der Waals surface area (Å²) in [6.07, 6.45) is 5.09. The van der Waals surface area contributed by atoms with Gasteiger partial charge in [0.25, 0.3) is 0 Å². The summed E-state index contributed by atoms with van der Waals surface area (Å²) in [5.41, 5.74) is 2.90. The normalized spacial score (nSPS) is 12.7. The number of aromatic amines is 1. The van der Waals surface area contributed by atoms with Crippen LogP contribution in [0.2, 0.25) is 0 Å². The predicted octanol–water partition coefficient (Wildman–Crippen LogP) is 5.06. The van der Waals surface area contributed by atoms with E-state index in [0.717, 1.165) is 11.1 Å². The molecule has 1 aliphatic heterocycles. The van der Waals surface area contributed by atoms with Gasteiger partial charge in [0, 0.05) is 35.2 Å². The van der Waals surface area contributed by atoms with Gasteiger partial charge in [0.15, 0.2) is 23.1 Å². The second kappa shape index (κ2) is 7.96. The third kappa shape index (κ3) is 3.48. The molecule has 2 aromatic carbocycles. The lowest BCUT2D eigenvalue weighted by atomic mass is 10.00. The molecule has 2 aromatic heterocycles. The number of nitrogens with zero attached hydrogens (tertiary/aromatic N) is 1. The highest BCUT2D eigenvalue weighted by Crippen LogP contribution is 2.35. The smallest absolute Gasteiger partial charge is 0.198 e. The van der Waals surface area contributed by atoms with Gasteiger partial charge in [0.1, 0.15) is 18.9 Å². The third-order valence-corrected chi connectivity index (χ3v) is 5.53. The van der Waals surface area contributed by atoms with Gasteiger partial charge in [-0.1, -0.05) is 24.1 Å². The number of hydrogen-bond acceptors (Lipinski definition) is 6. The van der Waals surface area contributed by atoms with E-state index < -0.39 is 11.6 Å².